The van der Waals surface area contributed by atoms with E-state index in [9.17, 15) is 23.2 Å². The molecule has 0 radical (unpaired) electrons. The molecule has 0 aliphatic rings. The molecular weight excluding hydrogens is 370 g/mol. The van der Waals surface area contributed by atoms with Crippen molar-refractivity contribution in [3.8, 4) is 0 Å². The number of nitrogens with one attached hydrogen (secondary N) is 2. The number of esters is 1. The lowest BCUT2D eigenvalue weighted by Crippen LogP contribution is -2.40. The minimum atomic E-state index is -1.35. The number of para-hydroxylation sites is 1. The average Bonchev–Trinajstić information content (AvgIpc) is 2.62. The van der Waals surface area contributed by atoms with Crippen LogP contribution in [0.4, 0.5) is 14.5 Å². The number of anilines is 1. The van der Waals surface area contributed by atoms with E-state index >= 15 is 0 Å². The first kappa shape index (κ1) is 21.0. The Hall–Kier alpha value is -3.29. The van der Waals surface area contributed by atoms with Gasteiger partial charge >= 0.3 is 5.97 Å². The Morgan fingerprint density at radius 2 is 1.54 bits per heavy atom. The van der Waals surface area contributed by atoms with E-state index < -0.39 is 41.1 Å². The van der Waals surface area contributed by atoms with Gasteiger partial charge in [-0.25, -0.2) is 13.6 Å². The molecule has 0 saturated heterocycles. The minimum Gasteiger partial charge on any atom is -0.449 e. The van der Waals surface area contributed by atoms with Crippen LogP contribution in [0.2, 0.25) is 0 Å². The summed E-state index contributed by atoms with van der Waals surface area (Å²) in [5.74, 6) is -4.74. The van der Waals surface area contributed by atoms with Gasteiger partial charge in [-0.05, 0) is 44.0 Å². The fraction of sp³-hybridized carbons (Fsp3) is 0.250. The predicted molar refractivity (Wildman–Crippen MR) is 98.8 cm³/mol. The van der Waals surface area contributed by atoms with Gasteiger partial charge < -0.3 is 15.4 Å². The van der Waals surface area contributed by atoms with Crippen molar-refractivity contribution in [3.05, 3.63) is 64.7 Å². The van der Waals surface area contributed by atoms with Crippen LogP contribution >= 0.6 is 0 Å². The number of carbonyl (C=O) groups is 3. The number of hydrogen-bond donors (Lipinski definition) is 2. The van der Waals surface area contributed by atoms with Crippen LogP contribution in [0.1, 0.15) is 28.4 Å². The van der Waals surface area contributed by atoms with Gasteiger partial charge in [-0.1, -0.05) is 24.3 Å². The zero-order valence-electron chi connectivity index (χ0n) is 15.6. The van der Waals surface area contributed by atoms with Crippen LogP contribution in [0.5, 0.6) is 0 Å². The van der Waals surface area contributed by atoms with Gasteiger partial charge in [0.2, 0.25) is 5.91 Å². The van der Waals surface area contributed by atoms with Crippen molar-refractivity contribution in [2.24, 2.45) is 0 Å². The molecule has 0 aliphatic heterocycles. The molecule has 6 nitrogen and oxygen atoms in total. The summed E-state index contributed by atoms with van der Waals surface area (Å²) >= 11 is 0. The van der Waals surface area contributed by atoms with E-state index in [1.807, 2.05) is 32.0 Å². The normalized spacial score (nSPS) is 11.5. The molecule has 0 bridgehead atoms. The lowest BCUT2D eigenvalue weighted by Gasteiger charge is -2.15. The fourth-order valence-corrected chi connectivity index (χ4v) is 2.47. The van der Waals surface area contributed by atoms with Gasteiger partial charge in [-0.15, -0.1) is 0 Å². The first-order valence-corrected chi connectivity index (χ1v) is 8.49. The molecule has 2 aromatic carbocycles. The fourth-order valence-electron chi connectivity index (χ4n) is 2.47. The number of benzene rings is 2. The Bertz CT molecular complexity index is 875. The maximum Gasteiger partial charge on any atom is 0.344 e. The SMILES string of the molecule is Cc1cccc(C)c1NC(=O)CNC(=O)[C@H](C)OC(=O)c1c(F)cccc1F. The maximum absolute atomic E-state index is 13.6. The molecule has 2 aromatic rings. The van der Waals surface area contributed by atoms with Gasteiger partial charge in [0.1, 0.15) is 17.2 Å². The summed E-state index contributed by atoms with van der Waals surface area (Å²) < 4.78 is 32.0. The van der Waals surface area contributed by atoms with Crippen LogP contribution in [0.25, 0.3) is 0 Å². The minimum absolute atomic E-state index is 0.359. The molecule has 2 rings (SSSR count). The summed E-state index contributed by atoms with van der Waals surface area (Å²) in [6.07, 6.45) is -1.35. The van der Waals surface area contributed by atoms with Gasteiger partial charge in [0.15, 0.2) is 6.10 Å². The maximum atomic E-state index is 13.6. The van der Waals surface area contributed by atoms with Crippen molar-refractivity contribution < 1.29 is 27.9 Å². The molecule has 8 heteroatoms. The van der Waals surface area contributed by atoms with E-state index in [-0.39, 0.29) is 6.54 Å². The Kier molecular flexibility index (Phi) is 6.81. The molecule has 2 amide bonds. The quantitative estimate of drug-likeness (QED) is 0.743. The zero-order chi connectivity index (χ0) is 20.8. The number of carbonyl (C=O) groups excluding carboxylic acids is 3. The lowest BCUT2D eigenvalue weighted by molar-refractivity contribution is -0.130. The molecule has 148 valence electrons. The van der Waals surface area contributed by atoms with Gasteiger partial charge in [0, 0.05) is 5.69 Å². The third-order valence-electron chi connectivity index (χ3n) is 3.99. The van der Waals surface area contributed by atoms with E-state index in [4.69, 9.17) is 4.74 Å². The third kappa shape index (κ3) is 5.12. The number of halogens is 2. The van der Waals surface area contributed by atoms with E-state index in [0.29, 0.717) is 5.69 Å². The molecule has 0 aliphatic carbocycles. The lowest BCUT2D eigenvalue weighted by atomic mass is 10.1. The second-order valence-electron chi connectivity index (χ2n) is 6.18. The molecule has 0 saturated carbocycles. The Morgan fingerprint density at radius 3 is 2.11 bits per heavy atom. The van der Waals surface area contributed by atoms with Gasteiger partial charge in [-0.2, -0.15) is 0 Å². The number of rotatable bonds is 6. The highest BCUT2D eigenvalue weighted by molar-refractivity contribution is 5.97. The van der Waals surface area contributed by atoms with Crippen LogP contribution < -0.4 is 10.6 Å². The van der Waals surface area contributed by atoms with E-state index in [0.717, 1.165) is 29.3 Å². The van der Waals surface area contributed by atoms with Crippen LogP contribution in [0.3, 0.4) is 0 Å². The van der Waals surface area contributed by atoms with Crippen LogP contribution in [0.15, 0.2) is 36.4 Å². The molecule has 0 aromatic heterocycles. The molecule has 0 heterocycles. The molecular formula is C20H20F2N2O4. The smallest absolute Gasteiger partial charge is 0.344 e. The summed E-state index contributed by atoms with van der Waals surface area (Å²) in [6, 6.07) is 8.45. The van der Waals surface area contributed by atoms with Crippen molar-refractivity contribution in [1.82, 2.24) is 5.32 Å². The summed E-state index contributed by atoms with van der Waals surface area (Å²) in [7, 11) is 0. The van der Waals surface area contributed by atoms with Crippen molar-refractivity contribution in [2.75, 3.05) is 11.9 Å². The Labute approximate surface area is 160 Å². The molecule has 28 heavy (non-hydrogen) atoms. The number of ether oxygens (including phenoxy) is 1. The summed E-state index contributed by atoms with van der Waals surface area (Å²) in [6.45, 7) is 4.55. The Morgan fingerprint density at radius 1 is 1.00 bits per heavy atom. The van der Waals surface area contributed by atoms with Crippen molar-refractivity contribution in [1.29, 1.82) is 0 Å². The second-order valence-corrected chi connectivity index (χ2v) is 6.18. The Balaban J connectivity index is 1.90. The highest BCUT2D eigenvalue weighted by Gasteiger charge is 2.24. The number of aryl methyl sites for hydroxylation is 2. The van der Waals surface area contributed by atoms with E-state index in [1.54, 1.807) is 0 Å². The average molecular weight is 390 g/mol. The van der Waals surface area contributed by atoms with Crippen molar-refractivity contribution in [2.45, 2.75) is 26.9 Å². The summed E-state index contributed by atoms with van der Waals surface area (Å²) in [5, 5.41) is 5.01. The largest absolute Gasteiger partial charge is 0.449 e. The van der Waals surface area contributed by atoms with Crippen LogP contribution in [-0.4, -0.2) is 30.4 Å². The van der Waals surface area contributed by atoms with E-state index in [2.05, 4.69) is 10.6 Å². The second kappa shape index (κ2) is 9.07. The van der Waals surface area contributed by atoms with Gasteiger partial charge in [0.25, 0.3) is 5.91 Å². The third-order valence-corrected chi connectivity index (χ3v) is 3.99. The monoisotopic (exact) mass is 390 g/mol. The first-order chi connectivity index (χ1) is 13.2. The standard InChI is InChI=1S/C20H20F2N2O4/c1-11-6-4-7-12(2)18(11)24-16(25)10-23-19(26)13(3)28-20(27)17-14(21)8-5-9-15(17)22/h4-9,13H,10H2,1-3H3,(H,23,26)(H,24,25)/t13-/m0/s1. The molecule has 0 unspecified atom stereocenters. The van der Waals surface area contributed by atoms with Gasteiger partial charge in [-0.3, -0.25) is 9.59 Å². The van der Waals surface area contributed by atoms with Crippen LogP contribution in [-0.2, 0) is 14.3 Å². The highest BCUT2D eigenvalue weighted by Crippen LogP contribution is 2.19. The predicted octanol–water partition coefficient (Wildman–Crippen LogP) is 2.88. The number of hydrogen-bond acceptors (Lipinski definition) is 4. The zero-order valence-corrected chi connectivity index (χ0v) is 15.6. The highest BCUT2D eigenvalue weighted by atomic mass is 19.1. The molecule has 1 atom stereocenters. The molecule has 0 fully saturated rings. The summed E-state index contributed by atoms with van der Waals surface area (Å²) in [5.41, 5.74) is 1.51. The van der Waals surface area contributed by atoms with Crippen molar-refractivity contribution >= 4 is 23.5 Å². The van der Waals surface area contributed by atoms with E-state index in [1.165, 1.54) is 6.92 Å². The molecule has 2 N–H and O–H groups in total. The molecule has 0 spiro atoms. The van der Waals surface area contributed by atoms with Gasteiger partial charge in [0.05, 0.1) is 6.54 Å². The number of amides is 2. The summed E-state index contributed by atoms with van der Waals surface area (Å²) in [4.78, 5) is 36.0. The van der Waals surface area contributed by atoms with Crippen molar-refractivity contribution in [3.63, 3.8) is 0 Å². The first-order valence-electron chi connectivity index (χ1n) is 8.49. The van der Waals surface area contributed by atoms with Crippen LogP contribution in [0, 0.1) is 25.5 Å². The topological polar surface area (TPSA) is 84.5 Å².